The van der Waals surface area contributed by atoms with Crippen molar-refractivity contribution in [2.24, 2.45) is 0 Å². The lowest BCUT2D eigenvalue weighted by atomic mass is 9.93. The maximum atomic E-state index is 13.2. The molecular formula is C27H30ClN5O4S. The molecule has 1 saturated carbocycles. The Morgan fingerprint density at radius 2 is 1.84 bits per heavy atom. The van der Waals surface area contributed by atoms with Gasteiger partial charge < -0.3 is 20.3 Å². The number of anilines is 2. The van der Waals surface area contributed by atoms with E-state index < -0.39 is 9.84 Å². The van der Waals surface area contributed by atoms with Crippen molar-refractivity contribution in [2.75, 3.05) is 30.0 Å². The number of rotatable bonds is 7. The summed E-state index contributed by atoms with van der Waals surface area (Å²) in [6.45, 7) is 3.80. The summed E-state index contributed by atoms with van der Waals surface area (Å²) in [5, 5.41) is 6.27. The minimum atomic E-state index is -3.66. The number of hydrogen-bond acceptors (Lipinski definition) is 7. The number of aromatic nitrogens is 2. The number of morpholine rings is 1. The highest BCUT2D eigenvalue weighted by Crippen LogP contribution is 2.27. The minimum Gasteiger partial charge on any atom is -0.377 e. The summed E-state index contributed by atoms with van der Waals surface area (Å²) in [7, 11) is -3.66. The molecule has 11 heteroatoms. The first-order chi connectivity index (χ1) is 18.3. The molecule has 1 atom stereocenters. The number of benzene rings is 2. The van der Waals surface area contributed by atoms with E-state index in [1.165, 1.54) is 12.1 Å². The molecule has 38 heavy (non-hydrogen) atoms. The summed E-state index contributed by atoms with van der Waals surface area (Å²) in [6.07, 6.45) is 3.17. The molecule has 2 aliphatic rings. The van der Waals surface area contributed by atoms with Crippen LogP contribution in [0.25, 0.3) is 11.4 Å². The average molecular weight is 556 g/mol. The van der Waals surface area contributed by atoms with Crippen molar-refractivity contribution < 1.29 is 17.9 Å². The van der Waals surface area contributed by atoms with Crippen molar-refractivity contribution in [3.05, 3.63) is 65.3 Å². The molecule has 2 heterocycles. The highest BCUT2D eigenvalue weighted by atomic mass is 35.5. The lowest BCUT2D eigenvalue weighted by Crippen LogP contribution is -2.44. The molecule has 1 aromatic heterocycles. The van der Waals surface area contributed by atoms with Gasteiger partial charge in [0.2, 0.25) is 0 Å². The van der Waals surface area contributed by atoms with Crippen LogP contribution >= 0.6 is 11.6 Å². The zero-order chi connectivity index (χ0) is 26.7. The van der Waals surface area contributed by atoms with E-state index in [2.05, 4.69) is 20.5 Å². The number of nitrogens with zero attached hydrogens (tertiary/aromatic N) is 3. The number of ether oxygens (including phenoxy) is 1. The zero-order valence-corrected chi connectivity index (χ0v) is 22.6. The number of amides is 2. The molecule has 2 N–H and O–H groups in total. The lowest BCUT2D eigenvalue weighted by molar-refractivity contribution is 0.0985. The highest BCUT2D eigenvalue weighted by molar-refractivity contribution is 7.90. The zero-order valence-electron chi connectivity index (χ0n) is 21.1. The molecule has 0 radical (unpaired) electrons. The Morgan fingerprint density at radius 3 is 2.50 bits per heavy atom. The number of urea groups is 1. The third-order valence-electron chi connectivity index (χ3n) is 6.78. The number of carbonyl (C=O) groups is 1. The molecule has 1 aliphatic carbocycles. The van der Waals surface area contributed by atoms with E-state index in [0.717, 1.165) is 19.3 Å². The number of nitrogens with one attached hydrogen (secondary N) is 2. The van der Waals surface area contributed by atoms with Crippen LogP contribution in [0.5, 0.6) is 0 Å². The van der Waals surface area contributed by atoms with Crippen LogP contribution in [0.2, 0.25) is 5.02 Å². The maximum absolute atomic E-state index is 13.2. The summed E-state index contributed by atoms with van der Waals surface area (Å²) < 4.78 is 31.9. The number of sulfone groups is 1. The topological polar surface area (TPSA) is 114 Å². The standard InChI is InChI=1S/C27H30ClN5O4S/c1-18-16-37-14-13-33(18)25-15-23(17-38(35,36)24-11-7-20(28)8-12-24)29-26(32-25)19-5-9-22(10-6-19)31-27(34)30-21-3-2-4-21/h5-12,15,18,21H,2-4,13-14,16-17H2,1H3,(H2,30,31,34)/t18-/m0/s1. The summed E-state index contributed by atoms with van der Waals surface area (Å²) in [4.78, 5) is 23.9. The lowest BCUT2D eigenvalue weighted by Gasteiger charge is -2.34. The van der Waals surface area contributed by atoms with Crippen LogP contribution < -0.4 is 15.5 Å². The number of carbonyl (C=O) groups excluding carboxylic acids is 1. The fraction of sp³-hybridized carbons (Fsp3) is 0.370. The summed E-state index contributed by atoms with van der Waals surface area (Å²) in [5.74, 6) is 0.777. The summed E-state index contributed by atoms with van der Waals surface area (Å²) in [5.41, 5.74) is 1.75. The predicted octanol–water partition coefficient (Wildman–Crippen LogP) is 4.67. The monoisotopic (exact) mass is 555 g/mol. The molecule has 200 valence electrons. The summed E-state index contributed by atoms with van der Waals surface area (Å²) >= 11 is 5.94. The number of halogens is 1. The van der Waals surface area contributed by atoms with Crippen LogP contribution in [0.4, 0.5) is 16.3 Å². The van der Waals surface area contributed by atoms with E-state index in [1.807, 2.05) is 19.1 Å². The van der Waals surface area contributed by atoms with Gasteiger partial charge in [-0.25, -0.2) is 23.2 Å². The van der Waals surface area contributed by atoms with Crippen LogP contribution in [0, 0.1) is 0 Å². The second-order valence-corrected chi connectivity index (χ2v) is 12.1. The first-order valence-electron chi connectivity index (χ1n) is 12.7. The maximum Gasteiger partial charge on any atom is 0.319 e. The molecule has 1 saturated heterocycles. The molecule has 3 aromatic rings. The Labute approximate surface area is 227 Å². The van der Waals surface area contributed by atoms with Crippen LogP contribution in [-0.4, -0.2) is 56.3 Å². The van der Waals surface area contributed by atoms with Crippen LogP contribution in [0.15, 0.2) is 59.5 Å². The fourth-order valence-corrected chi connectivity index (χ4v) is 5.81. The van der Waals surface area contributed by atoms with Crippen molar-refractivity contribution in [1.29, 1.82) is 0 Å². The molecule has 2 amide bonds. The van der Waals surface area contributed by atoms with E-state index in [1.54, 1.807) is 30.3 Å². The van der Waals surface area contributed by atoms with Crippen molar-refractivity contribution in [3.63, 3.8) is 0 Å². The van der Waals surface area contributed by atoms with Crippen molar-refractivity contribution >= 4 is 39.0 Å². The Balaban J connectivity index is 1.42. The largest absolute Gasteiger partial charge is 0.377 e. The summed E-state index contributed by atoms with van der Waals surface area (Å²) in [6, 6.07) is 15.2. The second kappa shape index (κ2) is 11.3. The van der Waals surface area contributed by atoms with Gasteiger partial charge >= 0.3 is 6.03 Å². The van der Waals surface area contributed by atoms with Crippen molar-refractivity contribution in [3.8, 4) is 11.4 Å². The van der Waals surface area contributed by atoms with E-state index in [0.29, 0.717) is 53.4 Å². The third-order valence-corrected chi connectivity index (χ3v) is 8.70. The highest BCUT2D eigenvalue weighted by Gasteiger charge is 2.24. The van der Waals surface area contributed by atoms with Gasteiger partial charge in [0.25, 0.3) is 0 Å². The van der Waals surface area contributed by atoms with Gasteiger partial charge in [-0.2, -0.15) is 0 Å². The molecular weight excluding hydrogens is 526 g/mol. The molecule has 0 bridgehead atoms. The third kappa shape index (κ3) is 6.25. The van der Waals surface area contributed by atoms with Gasteiger partial charge in [0, 0.05) is 34.9 Å². The predicted molar refractivity (Wildman–Crippen MR) is 147 cm³/mol. The van der Waals surface area contributed by atoms with Gasteiger partial charge in [-0.3, -0.25) is 0 Å². The number of hydrogen-bond donors (Lipinski definition) is 2. The molecule has 0 spiro atoms. The van der Waals surface area contributed by atoms with Crippen molar-refractivity contribution in [1.82, 2.24) is 15.3 Å². The van der Waals surface area contributed by atoms with Crippen LogP contribution in [-0.2, 0) is 20.3 Å². The minimum absolute atomic E-state index is 0.0768. The molecule has 0 unspecified atom stereocenters. The molecule has 5 rings (SSSR count). The first kappa shape index (κ1) is 26.4. The Hall–Kier alpha value is -3.21. The van der Waals surface area contributed by atoms with Gasteiger partial charge in [0.1, 0.15) is 5.82 Å². The van der Waals surface area contributed by atoms with Crippen LogP contribution in [0.3, 0.4) is 0 Å². The van der Waals surface area contributed by atoms with E-state index in [-0.39, 0.29) is 28.8 Å². The van der Waals surface area contributed by atoms with Crippen LogP contribution in [0.1, 0.15) is 31.9 Å². The Bertz CT molecular complexity index is 1400. The molecule has 1 aliphatic heterocycles. The fourth-order valence-electron chi connectivity index (χ4n) is 4.43. The van der Waals surface area contributed by atoms with Gasteiger partial charge in [-0.1, -0.05) is 11.6 Å². The van der Waals surface area contributed by atoms with E-state index >= 15 is 0 Å². The van der Waals surface area contributed by atoms with Crippen molar-refractivity contribution in [2.45, 2.75) is 48.9 Å². The smallest absolute Gasteiger partial charge is 0.319 e. The average Bonchev–Trinajstić information content (AvgIpc) is 2.87. The molecule has 2 fully saturated rings. The Kier molecular flexibility index (Phi) is 7.83. The van der Waals surface area contributed by atoms with E-state index in [4.69, 9.17) is 21.3 Å². The first-order valence-corrected chi connectivity index (χ1v) is 14.7. The molecule has 9 nitrogen and oxygen atoms in total. The quantitative estimate of drug-likeness (QED) is 0.435. The molecule has 2 aromatic carbocycles. The second-order valence-electron chi connectivity index (χ2n) is 9.68. The van der Waals surface area contributed by atoms with Gasteiger partial charge in [-0.05, 0) is 74.7 Å². The SMILES string of the molecule is C[C@H]1COCCN1c1cc(CS(=O)(=O)c2ccc(Cl)cc2)nc(-c2ccc(NC(=O)NC3CCC3)cc2)n1. The van der Waals surface area contributed by atoms with Gasteiger partial charge in [0.15, 0.2) is 15.7 Å². The van der Waals surface area contributed by atoms with Gasteiger partial charge in [-0.15, -0.1) is 0 Å². The van der Waals surface area contributed by atoms with E-state index in [9.17, 15) is 13.2 Å². The normalized spacial score (nSPS) is 18.1. The van der Waals surface area contributed by atoms with Gasteiger partial charge in [0.05, 0.1) is 35.6 Å². The Morgan fingerprint density at radius 1 is 1.11 bits per heavy atom.